The van der Waals surface area contributed by atoms with E-state index in [1.807, 2.05) is 38.1 Å². The summed E-state index contributed by atoms with van der Waals surface area (Å²) in [6.07, 6.45) is 0.667. The summed E-state index contributed by atoms with van der Waals surface area (Å²) in [6, 6.07) is 12.7. The Morgan fingerprint density at radius 1 is 1.07 bits per heavy atom. The van der Waals surface area contributed by atoms with E-state index in [1.54, 1.807) is 46.1 Å². The number of amides is 1. The number of carbonyl (C=O) groups is 1. The Hall–Kier alpha value is -1.99. The molecule has 2 heterocycles. The van der Waals surface area contributed by atoms with Crippen molar-refractivity contribution >= 4 is 39.1 Å². The van der Waals surface area contributed by atoms with Gasteiger partial charge in [0.25, 0.3) is 10.0 Å². The zero-order chi connectivity index (χ0) is 19.3. The molecule has 0 saturated heterocycles. The van der Waals surface area contributed by atoms with Crippen LogP contribution in [0.25, 0.3) is 0 Å². The highest BCUT2D eigenvalue weighted by atomic mass is 32.2. The predicted molar refractivity (Wildman–Crippen MR) is 109 cm³/mol. The van der Waals surface area contributed by atoms with Crippen LogP contribution in [0.3, 0.4) is 0 Å². The molecular weight excluding hydrogens is 380 g/mol. The van der Waals surface area contributed by atoms with Gasteiger partial charge in [0, 0.05) is 29.3 Å². The molecule has 7 heteroatoms. The number of hydrogen-bond donors (Lipinski definition) is 0. The minimum atomic E-state index is -3.68. The molecule has 5 nitrogen and oxygen atoms in total. The fraction of sp³-hybridized carbons (Fsp3) is 0.350. The summed E-state index contributed by atoms with van der Waals surface area (Å²) in [5.41, 5.74) is 2.46. The quantitative estimate of drug-likeness (QED) is 0.769. The van der Waals surface area contributed by atoms with Gasteiger partial charge in [-0.05, 0) is 56.2 Å². The van der Waals surface area contributed by atoms with E-state index in [9.17, 15) is 13.2 Å². The molecule has 0 fully saturated rings. The third-order valence-corrected chi connectivity index (χ3v) is 8.38. The molecule has 27 heavy (non-hydrogen) atoms. The monoisotopic (exact) mass is 402 g/mol. The van der Waals surface area contributed by atoms with Crippen LogP contribution in [-0.4, -0.2) is 32.2 Å². The molecule has 0 spiro atoms. The molecule has 0 aliphatic carbocycles. The van der Waals surface area contributed by atoms with Crippen molar-refractivity contribution in [2.75, 3.05) is 15.0 Å². The molecule has 2 aromatic rings. The Morgan fingerprint density at radius 2 is 1.81 bits per heavy atom. The third-order valence-electron chi connectivity index (χ3n) is 5.15. The van der Waals surface area contributed by atoms with Gasteiger partial charge in [0.05, 0.1) is 16.6 Å². The normalized spacial score (nSPS) is 21.7. The fourth-order valence-corrected chi connectivity index (χ4v) is 6.94. The summed E-state index contributed by atoms with van der Waals surface area (Å²) >= 11 is 1.69. The number of hydrogen-bond acceptors (Lipinski definition) is 4. The van der Waals surface area contributed by atoms with Gasteiger partial charge in [0.1, 0.15) is 0 Å². The molecule has 2 aromatic carbocycles. The van der Waals surface area contributed by atoms with E-state index in [0.29, 0.717) is 6.42 Å². The number of carbonyl (C=O) groups excluding carboxylic acids is 1. The molecular formula is C20H22N2O3S2. The SMILES string of the molecule is CC(=O)N1c2ccc(S(=O)(=O)N3c4ccccc4SC[C@@H]3C)cc2C[C@H]1C. The third kappa shape index (κ3) is 2.93. The molecule has 2 aliphatic heterocycles. The first-order chi connectivity index (χ1) is 12.8. The van der Waals surface area contributed by atoms with Crippen molar-refractivity contribution < 1.29 is 13.2 Å². The maximum atomic E-state index is 13.5. The van der Waals surface area contributed by atoms with Gasteiger partial charge >= 0.3 is 0 Å². The minimum Gasteiger partial charge on any atom is -0.309 e. The molecule has 142 valence electrons. The lowest BCUT2D eigenvalue weighted by Crippen LogP contribution is -2.42. The molecule has 0 N–H and O–H groups in total. The van der Waals surface area contributed by atoms with Crippen molar-refractivity contribution in [3.05, 3.63) is 48.0 Å². The number of rotatable bonds is 2. The summed E-state index contributed by atoms with van der Waals surface area (Å²) in [6.45, 7) is 5.46. The van der Waals surface area contributed by atoms with Gasteiger partial charge in [-0.1, -0.05) is 12.1 Å². The molecule has 2 atom stereocenters. The second-order valence-electron chi connectivity index (χ2n) is 7.16. The Kier molecular flexibility index (Phi) is 4.47. The molecule has 4 rings (SSSR count). The van der Waals surface area contributed by atoms with Crippen molar-refractivity contribution in [1.29, 1.82) is 0 Å². The predicted octanol–water partition coefficient (Wildman–Crippen LogP) is 3.67. The maximum absolute atomic E-state index is 13.5. The van der Waals surface area contributed by atoms with Crippen molar-refractivity contribution in [3.8, 4) is 0 Å². The Balaban J connectivity index is 1.78. The minimum absolute atomic E-state index is 0.0209. The first-order valence-corrected chi connectivity index (χ1v) is 11.4. The number of para-hydroxylation sites is 1. The summed E-state index contributed by atoms with van der Waals surface area (Å²) in [5, 5.41) is 0. The summed E-state index contributed by atoms with van der Waals surface area (Å²) in [4.78, 5) is 14.9. The van der Waals surface area contributed by atoms with Crippen molar-refractivity contribution in [1.82, 2.24) is 0 Å². The summed E-state index contributed by atoms with van der Waals surface area (Å²) < 4.78 is 28.5. The van der Waals surface area contributed by atoms with E-state index in [2.05, 4.69) is 0 Å². The summed E-state index contributed by atoms with van der Waals surface area (Å²) in [7, 11) is -3.68. The number of sulfonamides is 1. The number of thioether (sulfide) groups is 1. The van der Waals surface area contributed by atoms with Crippen LogP contribution >= 0.6 is 11.8 Å². The van der Waals surface area contributed by atoms with Crippen LogP contribution in [0.2, 0.25) is 0 Å². The molecule has 2 aliphatic rings. The smallest absolute Gasteiger partial charge is 0.264 e. The Labute approximate surface area is 164 Å². The highest BCUT2D eigenvalue weighted by molar-refractivity contribution is 8.00. The average Bonchev–Trinajstić information content (AvgIpc) is 2.96. The number of fused-ring (bicyclic) bond motifs is 2. The largest absolute Gasteiger partial charge is 0.309 e. The van der Waals surface area contributed by atoms with Crippen LogP contribution in [0.15, 0.2) is 52.3 Å². The first-order valence-electron chi connectivity index (χ1n) is 8.99. The molecule has 0 unspecified atom stereocenters. The molecule has 1 amide bonds. The molecule has 0 radical (unpaired) electrons. The van der Waals surface area contributed by atoms with Crippen LogP contribution < -0.4 is 9.21 Å². The van der Waals surface area contributed by atoms with Gasteiger partial charge in [-0.3, -0.25) is 9.10 Å². The van der Waals surface area contributed by atoms with E-state index in [-0.39, 0.29) is 22.9 Å². The van der Waals surface area contributed by atoms with Gasteiger partial charge in [-0.2, -0.15) is 0 Å². The lowest BCUT2D eigenvalue weighted by atomic mass is 10.1. The average molecular weight is 403 g/mol. The van der Waals surface area contributed by atoms with E-state index >= 15 is 0 Å². The van der Waals surface area contributed by atoms with Gasteiger partial charge in [0.2, 0.25) is 5.91 Å². The first kappa shape index (κ1) is 18.4. The molecule has 0 saturated carbocycles. The maximum Gasteiger partial charge on any atom is 0.264 e. The van der Waals surface area contributed by atoms with Crippen molar-refractivity contribution in [2.45, 2.75) is 49.1 Å². The van der Waals surface area contributed by atoms with Gasteiger partial charge in [-0.15, -0.1) is 11.8 Å². The zero-order valence-corrected chi connectivity index (χ0v) is 17.2. The van der Waals surface area contributed by atoms with Crippen LogP contribution in [0.1, 0.15) is 26.3 Å². The highest BCUT2D eigenvalue weighted by Crippen LogP contribution is 2.41. The molecule has 0 aromatic heterocycles. The molecule has 0 bridgehead atoms. The van der Waals surface area contributed by atoms with E-state index in [4.69, 9.17) is 0 Å². The summed E-state index contributed by atoms with van der Waals surface area (Å²) in [5.74, 6) is 0.698. The van der Waals surface area contributed by atoms with Gasteiger partial charge in [0.15, 0.2) is 0 Å². The van der Waals surface area contributed by atoms with Crippen molar-refractivity contribution in [3.63, 3.8) is 0 Å². The van der Waals surface area contributed by atoms with Crippen LogP contribution in [0.5, 0.6) is 0 Å². The number of benzene rings is 2. The van der Waals surface area contributed by atoms with E-state index in [0.717, 1.165) is 27.6 Å². The van der Waals surface area contributed by atoms with E-state index in [1.165, 1.54) is 0 Å². The lowest BCUT2D eigenvalue weighted by Gasteiger charge is -2.35. The van der Waals surface area contributed by atoms with Gasteiger partial charge in [-0.25, -0.2) is 8.42 Å². The van der Waals surface area contributed by atoms with Crippen LogP contribution in [0, 0.1) is 0 Å². The zero-order valence-electron chi connectivity index (χ0n) is 15.5. The second-order valence-corrected chi connectivity index (χ2v) is 10.0. The number of anilines is 2. The highest BCUT2D eigenvalue weighted by Gasteiger charge is 2.36. The van der Waals surface area contributed by atoms with Crippen LogP contribution in [0.4, 0.5) is 11.4 Å². The number of nitrogens with zero attached hydrogens (tertiary/aromatic N) is 2. The standard InChI is InChI=1S/C20H22N2O3S2/c1-13-10-16-11-17(8-9-18(16)21(13)15(3)23)27(24,25)22-14(2)12-26-20-7-5-4-6-19(20)22/h4-9,11,13-14H,10,12H2,1-3H3/t13-,14+/m1/s1. The van der Waals surface area contributed by atoms with Crippen molar-refractivity contribution in [2.24, 2.45) is 0 Å². The Bertz CT molecular complexity index is 1020. The van der Waals surface area contributed by atoms with Gasteiger partial charge < -0.3 is 4.90 Å². The van der Waals surface area contributed by atoms with Crippen LogP contribution in [-0.2, 0) is 21.2 Å². The topological polar surface area (TPSA) is 57.7 Å². The Morgan fingerprint density at radius 3 is 2.56 bits per heavy atom. The fourth-order valence-electron chi connectivity index (χ4n) is 4.00. The lowest BCUT2D eigenvalue weighted by molar-refractivity contribution is -0.116. The van der Waals surface area contributed by atoms with E-state index < -0.39 is 10.0 Å². The second kappa shape index (κ2) is 6.56.